The smallest absolute Gasteiger partial charge is 0.261 e. The van der Waals surface area contributed by atoms with Gasteiger partial charge in [0.05, 0.1) is 28.6 Å². The van der Waals surface area contributed by atoms with Crippen LogP contribution in [0.25, 0.3) is 0 Å². The highest BCUT2D eigenvalue weighted by molar-refractivity contribution is 7.89. The molecule has 0 saturated heterocycles. The zero-order valence-corrected chi connectivity index (χ0v) is 17.8. The fourth-order valence-corrected chi connectivity index (χ4v) is 6.02. The molecule has 0 saturated carbocycles. The fraction of sp³-hybridized carbons (Fsp3) is 0.167. The summed E-state index contributed by atoms with van der Waals surface area (Å²) in [5.74, 6) is -1.41. The highest BCUT2D eigenvalue weighted by Crippen LogP contribution is 2.36. The van der Waals surface area contributed by atoms with Crippen LogP contribution in [0.4, 0.5) is 4.39 Å². The molecule has 6 nitrogen and oxygen atoms in total. The Labute approximate surface area is 184 Å². The maximum Gasteiger partial charge on any atom is 0.261 e. The zero-order valence-electron chi connectivity index (χ0n) is 16.9. The van der Waals surface area contributed by atoms with Gasteiger partial charge in [-0.25, -0.2) is 12.8 Å². The van der Waals surface area contributed by atoms with Gasteiger partial charge in [0.25, 0.3) is 11.8 Å². The van der Waals surface area contributed by atoms with Crippen LogP contribution in [0.1, 0.15) is 37.9 Å². The number of carbonyl (C=O) groups excluding carboxylic acids is 2. The number of imide groups is 1. The number of sulfonamides is 1. The molecule has 0 radical (unpaired) electrons. The molecule has 0 aliphatic carbocycles. The van der Waals surface area contributed by atoms with E-state index in [0.717, 1.165) is 28.2 Å². The Balaban J connectivity index is 1.56. The molecule has 3 aromatic rings. The normalized spacial score (nSPS) is 18.5. The quantitative estimate of drug-likeness (QED) is 0.571. The molecule has 0 aromatic heterocycles. The second kappa shape index (κ2) is 7.65. The first-order chi connectivity index (χ1) is 15.4. The summed E-state index contributed by atoms with van der Waals surface area (Å²) in [6, 6.07) is 17.9. The Morgan fingerprint density at radius 2 is 1.44 bits per heavy atom. The molecule has 1 atom stereocenters. The van der Waals surface area contributed by atoms with Crippen LogP contribution in [0.15, 0.2) is 77.7 Å². The summed E-state index contributed by atoms with van der Waals surface area (Å²) >= 11 is 0. The summed E-state index contributed by atoms with van der Waals surface area (Å²) in [5, 5.41) is 0. The summed E-state index contributed by atoms with van der Waals surface area (Å²) in [5.41, 5.74) is 2.35. The summed E-state index contributed by atoms with van der Waals surface area (Å²) in [7, 11) is -4.00. The molecular formula is C24H19FN2O4S. The average molecular weight is 450 g/mol. The van der Waals surface area contributed by atoms with Crippen molar-refractivity contribution in [2.75, 3.05) is 13.1 Å². The Bertz CT molecular complexity index is 1300. The molecule has 0 unspecified atom stereocenters. The van der Waals surface area contributed by atoms with E-state index in [4.69, 9.17) is 0 Å². The van der Waals surface area contributed by atoms with E-state index in [1.807, 2.05) is 24.3 Å². The average Bonchev–Trinajstić information content (AvgIpc) is 3.04. The van der Waals surface area contributed by atoms with E-state index in [-0.39, 0.29) is 18.0 Å². The van der Waals surface area contributed by atoms with E-state index >= 15 is 0 Å². The molecule has 2 aliphatic rings. The summed E-state index contributed by atoms with van der Waals surface area (Å²) < 4.78 is 41.7. The monoisotopic (exact) mass is 450 g/mol. The second-order valence-electron chi connectivity index (χ2n) is 7.80. The Morgan fingerprint density at radius 1 is 0.844 bits per heavy atom. The van der Waals surface area contributed by atoms with Gasteiger partial charge in [-0.3, -0.25) is 14.5 Å². The zero-order chi connectivity index (χ0) is 22.5. The molecule has 3 aromatic carbocycles. The molecule has 0 bridgehead atoms. The van der Waals surface area contributed by atoms with Crippen LogP contribution in [-0.4, -0.2) is 42.5 Å². The molecule has 162 valence electrons. The van der Waals surface area contributed by atoms with Gasteiger partial charge in [-0.05, 0) is 53.9 Å². The SMILES string of the molecule is O=C1c2ccccc2C(=O)N1C[C@H]1c2ccccc2CCN1S(=O)(=O)c1ccc(F)cc1. The lowest BCUT2D eigenvalue weighted by Gasteiger charge is -2.37. The maximum atomic E-state index is 13.5. The third kappa shape index (κ3) is 3.23. The van der Waals surface area contributed by atoms with Crippen molar-refractivity contribution in [3.05, 3.63) is 101 Å². The van der Waals surface area contributed by atoms with Crippen molar-refractivity contribution < 1.29 is 22.4 Å². The summed E-state index contributed by atoms with van der Waals surface area (Å²) in [4.78, 5) is 27.0. The second-order valence-corrected chi connectivity index (χ2v) is 9.69. The lowest BCUT2D eigenvalue weighted by atomic mass is 9.94. The van der Waals surface area contributed by atoms with Crippen molar-refractivity contribution in [1.29, 1.82) is 0 Å². The number of fused-ring (bicyclic) bond motifs is 2. The van der Waals surface area contributed by atoms with Gasteiger partial charge in [-0.2, -0.15) is 4.31 Å². The standard InChI is InChI=1S/C24H19FN2O4S/c25-17-9-11-18(12-10-17)32(30,31)27-14-13-16-5-1-2-6-19(16)22(27)15-26-23(28)20-7-3-4-8-21(20)24(26)29/h1-12,22H,13-15H2/t22-/m0/s1. The van der Waals surface area contributed by atoms with Gasteiger partial charge in [0.1, 0.15) is 5.82 Å². The van der Waals surface area contributed by atoms with Gasteiger partial charge in [-0.15, -0.1) is 0 Å². The molecule has 32 heavy (non-hydrogen) atoms. The number of hydrogen-bond donors (Lipinski definition) is 0. The molecule has 2 amide bonds. The van der Waals surface area contributed by atoms with Gasteiger partial charge in [0.2, 0.25) is 10.0 Å². The van der Waals surface area contributed by atoms with Gasteiger partial charge >= 0.3 is 0 Å². The minimum Gasteiger partial charge on any atom is -0.272 e. The van der Waals surface area contributed by atoms with Gasteiger partial charge in [0, 0.05) is 6.54 Å². The van der Waals surface area contributed by atoms with Gasteiger partial charge < -0.3 is 0 Å². The first-order valence-electron chi connectivity index (χ1n) is 10.2. The van der Waals surface area contributed by atoms with Crippen molar-refractivity contribution in [3.8, 4) is 0 Å². The van der Waals surface area contributed by atoms with E-state index in [0.29, 0.717) is 17.5 Å². The van der Waals surface area contributed by atoms with Crippen LogP contribution in [0.5, 0.6) is 0 Å². The topological polar surface area (TPSA) is 74.8 Å². The number of amides is 2. The first-order valence-corrected chi connectivity index (χ1v) is 11.6. The predicted octanol–water partition coefficient (Wildman–Crippen LogP) is 3.41. The van der Waals surface area contributed by atoms with Crippen LogP contribution in [0.2, 0.25) is 0 Å². The van der Waals surface area contributed by atoms with Crippen molar-refractivity contribution in [2.24, 2.45) is 0 Å². The van der Waals surface area contributed by atoms with Crippen molar-refractivity contribution in [3.63, 3.8) is 0 Å². The van der Waals surface area contributed by atoms with Crippen LogP contribution < -0.4 is 0 Å². The Morgan fingerprint density at radius 3 is 2.09 bits per heavy atom. The van der Waals surface area contributed by atoms with Crippen LogP contribution >= 0.6 is 0 Å². The van der Waals surface area contributed by atoms with Crippen molar-refractivity contribution in [1.82, 2.24) is 9.21 Å². The molecule has 5 rings (SSSR count). The molecule has 2 aliphatic heterocycles. The predicted molar refractivity (Wildman–Crippen MR) is 115 cm³/mol. The van der Waals surface area contributed by atoms with Gasteiger partial charge in [-0.1, -0.05) is 36.4 Å². The fourth-order valence-electron chi connectivity index (χ4n) is 4.43. The van der Waals surface area contributed by atoms with E-state index < -0.39 is 33.7 Å². The number of rotatable bonds is 4. The third-order valence-electron chi connectivity index (χ3n) is 6.02. The van der Waals surface area contributed by atoms with E-state index in [1.165, 1.54) is 16.4 Å². The lowest BCUT2D eigenvalue weighted by molar-refractivity contribution is 0.0616. The van der Waals surface area contributed by atoms with E-state index in [9.17, 15) is 22.4 Å². The Hall–Kier alpha value is -3.36. The molecule has 0 fully saturated rings. The number of benzene rings is 3. The van der Waals surface area contributed by atoms with Crippen LogP contribution in [-0.2, 0) is 16.4 Å². The Kier molecular flexibility index (Phi) is 4.91. The number of halogens is 1. The molecule has 0 spiro atoms. The van der Waals surface area contributed by atoms with Crippen molar-refractivity contribution >= 4 is 21.8 Å². The van der Waals surface area contributed by atoms with Crippen molar-refractivity contribution in [2.45, 2.75) is 17.4 Å². The van der Waals surface area contributed by atoms with Crippen LogP contribution in [0.3, 0.4) is 0 Å². The number of hydrogen-bond acceptors (Lipinski definition) is 4. The minimum atomic E-state index is -4.00. The largest absolute Gasteiger partial charge is 0.272 e. The maximum absolute atomic E-state index is 13.5. The van der Waals surface area contributed by atoms with E-state index in [2.05, 4.69) is 0 Å². The van der Waals surface area contributed by atoms with Gasteiger partial charge in [0.15, 0.2) is 0 Å². The highest BCUT2D eigenvalue weighted by Gasteiger charge is 2.42. The van der Waals surface area contributed by atoms with E-state index in [1.54, 1.807) is 24.3 Å². The molecule has 2 heterocycles. The number of nitrogens with zero attached hydrogens (tertiary/aromatic N) is 2. The summed E-state index contributed by atoms with van der Waals surface area (Å²) in [6.07, 6.45) is 0.495. The highest BCUT2D eigenvalue weighted by atomic mass is 32.2. The minimum absolute atomic E-state index is 0.0364. The molecule has 8 heteroatoms. The van der Waals surface area contributed by atoms with Crippen LogP contribution in [0, 0.1) is 5.82 Å². The third-order valence-corrected chi connectivity index (χ3v) is 7.94. The molecule has 0 N–H and O–H groups in total. The lowest BCUT2D eigenvalue weighted by Crippen LogP contribution is -2.46. The molecular weight excluding hydrogens is 431 g/mol. The first kappa shape index (κ1) is 20.5. The number of carbonyl (C=O) groups is 2. The summed E-state index contributed by atoms with van der Waals surface area (Å²) in [6.45, 7) is 0.0777.